The Hall–Kier alpha value is -2.97. The van der Waals surface area contributed by atoms with E-state index in [4.69, 9.17) is 16.0 Å². The van der Waals surface area contributed by atoms with Gasteiger partial charge in [-0.05, 0) is 42.0 Å². The first-order chi connectivity index (χ1) is 13.8. The van der Waals surface area contributed by atoms with Gasteiger partial charge in [-0.3, -0.25) is 9.48 Å². The van der Waals surface area contributed by atoms with E-state index in [1.165, 1.54) is 18.2 Å². The molecule has 0 bridgehead atoms. The summed E-state index contributed by atoms with van der Waals surface area (Å²) < 4.78 is 35.8. The van der Waals surface area contributed by atoms with Crippen LogP contribution in [0.4, 0.5) is 8.78 Å². The Morgan fingerprint density at radius 2 is 2.07 bits per heavy atom. The molecule has 4 aromatic rings. The molecule has 0 aliphatic rings. The predicted octanol–water partition coefficient (Wildman–Crippen LogP) is 3.91. The van der Waals surface area contributed by atoms with Gasteiger partial charge in [-0.15, -0.1) is 0 Å². The van der Waals surface area contributed by atoms with E-state index in [0.717, 1.165) is 17.0 Å². The minimum Gasteiger partial charge on any atom is -0.454 e. The number of alkyl halides is 2. The number of hydrogen-bond donors (Lipinski definition) is 2. The third-order valence-electron chi connectivity index (χ3n) is 4.68. The monoisotopic (exact) mass is 419 g/mol. The number of rotatable bonds is 5. The Kier molecular flexibility index (Phi) is 4.76. The third kappa shape index (κ3) is 3.56. The van der Waals surface area contributed by atoms with E-state index in [0.29, 0.717) is 16.0 Å². The fourth-order valence-corrected chi connectivity index (χ4v) is 3.27. The van der Waals surface area contributed by atoms with Crippen molar-refractivity contribution in [3.8, 4) is 0 Å². The smallest absolute Gasteiger partial charge is 0.380 e. The highest BCUT2D eigenvalue weighted by molar-refractivity contribution is 6.31. The molecular formula is C20H16ClF2N3O3. The van der Waals surface area contributed by atoms with Crippen LogP contribution < -0.4 is 5.32 Å². The average Bonchev–Trinajstić information content (AvgIpc) is 3.29. The van der Waals surface area contributed by atoms with Gasteiger partial charge in [0.2, 0.25) is 0 Å². The molecule has 2 aromatic heterocycles. The molecule has 2 heterocycles. The Morgan fingerprint density at radius 3 is 2.86 bits per heavy atom. The molecule has 2 N–H and O–H groups in total. The summed E-state index contributed by atoms with van der Waals surface area (Å²) in [4.78, 5) is 12.1. The van der Waals surface area contributed by atoms with E-state index in [-0.39, 0.29) is 12.1 Å². The van der Waals surface area contributed by atoms with Crippen LogP contribution >= 0.6 is 11.6 Å². The van der Waals surface area contributed by atoms with Crippen LogP contribution in [-0.4, -0.2) is 27.3 Å². The van der Waals surface area contributed by atoms with Gasteiger partial charge in [0, 0.05) is 29.4 Å². The zero-order valence-corrected chi connectivity index (χ0v) is 16.0. The Bertz CT molecular complexity index is 1220. The highest BCUT2D eigenvalue weighted by Crippen LogP contribution is 2.34. The first kappa shape index (κ1) is 19.4. The van der Waals surface area contributed by atoms with E-state index in [2.05, 4.69) is 10.4 Å². The number of carbonyl (C=O) groups is 1. The van der Waals surface area contributed by atoms with E-state index >= 15 is 0 Å². The Labute approximate surface area is 168 Å². The van der Waals surface area contributed by atoms with Gasteiger partial charge in [0.15, 0.2) is 5.76 Å². The van der Waals surface area contributed by atoms with E-state index in [1.807, 2.05) is 0 Å². The summed E-state index contributed by atoms with van der Waals surface area (Å²) in [6.45, 7) is -0.383. The van der Waals surface area contributed by atoms with Crippen molar-refractivity contribution in [1.29, 1.82) is 0 Å². The second-order valence-corrected chi connectivity index (χ2v) is 7.12. The number of carbonyl (C=O) groups excluding carboxylic acids is 1. The molecular weight excluding hydrogens is 404 g/mol. The largest absolute Gasteiger partial charge is 0.454 e. The number of nitrogens with one attached hydrogen (secondary N) is 1. The first-order valence-corrected chi connectivity index (χ1v) is 9.09. The highest BCUT2D eigenvalue weighted by atomic mass is 35.5. The molecule has 1 amide bonds. The second-order valence-electron chi connectivity index (χ2n) is 6.68. The Morgan fingerprint density at radius 1 is 1.28 bits per heavy atom. The summed E-state index contributed by atoms with van der Waals surface area (Å²) in [5.41, 5.74) is 1.54. The van der Waals surface area contributed by atoms with Crippen molar-refractivity contribution in [3.63, 3.8) is 0 Å². The summed E-state index contributed by atoms with van der Waals surface area (Å²) in [6, 6.07) is 10.6. The molecule has 0 saturated heterocycles. The number of hydrogen-bond acceptors (Lipinski definition) is 4. The number of amides is 1. The molecule has 0 aliphatic heterocycles. The third-order valence-corrected chi connectivity index (χ3v) is 4.92. The molecule has 9 heteroatoms. The minimum absolute atomic E-state index is 0.196. The zero-order valence-electron chi connectivity index (χ0n) is 15.2. The van der Waals surface area contributed by atoms with Crippen LogP contribution in [0.1, 0.15) is 17.4 Å². The van der Waals surface area contributed by atoms with Crippen LogP contribution in [-0.2, 0) is 17.8 Å². The average molecular weight is 420 g/mol. The molecule has 6 nitrogen and oxygen atoms in total. The lowest BCUT2D eigenvalue weighted by atomic mass is 10.1. The van der Waals surface area contributed by atoms with Crippen LogP contribution in [0.5, 0.6) is 0 Å². The fourth-order valence-electron chi connectivity index (χ4n) is 3.09. The molecule has 2 aromatic carbocycles. The van der Waals surface area contributed by atoms with Gasteiger partial charge in [-0.25, -0.2) is 0 Å². The fraction of sp³-hybridized carbons (Fsp3) is 0.200. The number of aromatic nitrogens is 2. The molecule has 29 heavy (non-hydrogen) atoms. The molecule has 0 spiro atoms. The second kappa shape index (κ2) is 7.13. The summed E-state index contributed by atoms with van der Waals surface area (Å²) in [7, 11) is 1.78. The van der Waals surface area contributed by atoms with Crippen LogP contribution in [0.15, 0.2) is 53.1 Å². The van der Waals surface area contributed by atoms with Gasteiger partial charge in [-0.1, -0.05) is 17.7 Å². The zero-order chi connectivity index (χ0) is 20.8. The first-order valence-electron chi connectivity index (χ1n) is 8.71. The van der Waals surface area contributed by atoms with Gasteiger partial charge >= 0.3 is 5.92 Å². The molecule has 4 rings (SSSR count). The standard InChI is InChI=1S/C20H16ClF2N3O3/c1-26-15-4-2-11(6-13(15)9-25-26)16(27)10-24-19(28)20(22,23)18-8-12-7-14(21)3-5-17(12)29-18/h2-9,16,27H,10H2,1H3,(H,24,28). The lowest BCUT2D eigenvalue weighted by molar-refractivity contribution is -0.149. The number of furan rings is 1. The van der Waals surface area contributed by atoms with Crippen molar-refractivity contribution in [2.45, 2.75) is 12.0 Å². The maximum Gasteiger partial charge on any atom is 0.380 e. The molecule has 1 unspecified atom stereocenters. The number of benzene rings is 2. The highest BCUT2D eigenvalue weighted by Gasteiger charge is 2.44. The predicted molar refractivity (Wildman–Crippen MR) is 104 cm³/mol. The molecule has 0 radical (unpaired) electrons. The number of halogens is 3. The van der Waals surface area contributed by atoms with Crippen molar-refractivity contribution < 1.29 is 23.1 Å². The minimum atomic E-state index is -3.90. The molecule has 1 atom stereocenters. The quantitative estimate of drug-likeness (QED) is 0.514. The van der Waals surface area contributed by atoms with Crippen LogP contribution in [0.25, 0.3) is 21.9 Å². The van der Waals surface area contributed by atoms with E-state index in [1.54, 1.807) is 36.1 Å². The van der Waals surface area contributed by atoms with Crippen molar-refractivity contribution in [1.82, 2.24) is 15.1 Å². The van der Waals surface area contributed by atoms with Crippen molar-refractivity contribution in [3.05, 3.63) is 65.0 Å². The number of nitrogens with zero attached hydrogens (tertiary/aromatic N) is 2. The molecule has 0 aliphatic carbocycles. The van der Waals surface area contributed by atoms with Gasteiger partial charge in [-0.2, -0.15) is 13.9 Å². The Balaban J connectivity index is 1.47. The van der Waals surface area contributed by atoms with E-state index in [9.17, 15) is 18.7 Å². The van der Waals surface area contributed by atoms with Crippen molar-refractivity contribution in [2.24, 2.45) is 7.05 Å². The van der Waals surface area contributed by atoms with Crippen LogP contribution in [0.2, 0.25) is 5.02 Å². The SMILES string of the molecule is Cn1ncc2cc(C(O)CNC(=O)C(F)(F)c3cc4cc(Cl)ccc4o3)ccc21. The van der Waals surface area contributed by atoms with Crippen molar-refractivity contribution in [2.75, 3.05) is 6.54 Å². The lowest BCUT2D eigenvalue weighted by Gasteiger charge is -2.16. The topological polar surface area (TPSA) is 80.3 Å². The number of aliphatic hydroxyl groups is 1. The van der Waals surface area contributed by atoms with Crippen molar-refractivity contribution >= 4 is 39.4 Å². The normalized spacial score (nSPS) is 13.1. The van der Waals surface area contributed by atoms with Gasteiger partial charge in [0.25, 0.3) is 5.91 Å². The molecule has 150 valence electrons. The van der Waals surface area contributed by atoms with Crippen LogP contribution in [0, 0.1) is 0 Å². The van der Waals surface area contributed by atoms with E-state index < -0.39 is 23.7 Å². The van der Waals surface area contributed by atoms with Crippen LogP contribution in [0.3, 0.4) is 0 Å². The van der Waals surface area contributed by atoms with Gasteiger partial charge < -0.3 is 14.8 Å². The van der Waals surface area contributed by atoms with Gasteiger partial charge in [0.1, 0.15) is 5.58 Å². The maximum atomic E-state index is 14.5. The summed E-state index contributed by atoms with van der Waals surface area (Å²) in [5, 5.41) is 18.0. The summed E-state index contributed by atoms with van der Waals surface area (Å²) in [6.07, 6.45) is 0.473. The molecule has 0 fully saturated rings. The number of aliphatic hydroxyl groups excluding tert-OH is 1. The lowest BCUT2D eigenvalue weighted by Crippen LogP contribution is -2.39. The summed E-state index contributed by atoms with van der Waals surface area (Å²) in [5.74, 6) is -6.26. The maximum absolute atomic E-state index is 14.5. The summed E-state index contributed by atoms with van der Waals surface area (Å²) >= 11 is 5.84. The number of aryl methyl sites for hydroxylation is 1. The molecule has 0 saturated carbocycles. The van der Waals surface area contributed by atoms with Gasteiger partial charge in [0.05, 0.1) is 17.8 Å². The number of fused-ring (bicyclic) bond motifs is 2.